The summed E-state index contributed by atoms with van der Waals surface area (Å²) in [5.41, 5.74) is 1.07. The van der Waals surface area contributed by atoms with E-state index < -0.39 is 11.5 Å². The maximum absolute atomic E-state index is 10.8. The van der Waals surface area contributed by atoms with Crippen molar-refractivity contribution in [1.82, 2.24) is 0 Å². The van der Waals surface area contributed by atoms with Gasteiger partial charge in [-0.1, -0.05) is 0 Å². The second-order valence-electron chi connectivity index (χ2n) is 4.52. The highest BCUT2D eigenvalue weighted by atomic mass is 16.5. The predicted molar refractivity (Wildman–Crippen MR) is 70.0 cm³/mol. The Morgan fingerprint density at radius 1 is 1.65 bits per heavy atom. The fourth-order valence-corrected chi connectivity index (χ4v) is 2.14. The van der Waals surface area contributed by atoms with Crippen LogP contribution in [0.5, 0.6) is 11.5 Å². The molecule has 5 nitrogen and oxygen atoms in total. The normalized spacial score (nSPS) is 17.1. The molecule has 0 aromatic heterocycles. The number of fused-ring (bicyclic) bond motifs is 1. The highest BCUT2D eigenvalue weighted by molar-refractivity contribution is 5.95. The maximum Gasteiger partial charge on any atom is 0.127 e. The van der Waals surface area contributed by atoms with Crippen molar-refractivity contribution in [3.63, 3.8) is 0 Å². The molecule has 0 saturated heterocycles. The summed E-state index contributed by atoms with van der Waals surface area (Å²) in [4.78, 5) is 10.8. The van der Waals surface area contributed by atoms with Gasteiger partial charge in [-0.2, -0.15) is 5.26 Å². The summed E-state index contributed by atoms with van der Waals surface area (Å²) in [6, 6.07) is 5.13. The van der Waals surface area contributed by atoms with Crippen LogP contribution in [-0.2, 0) is 11.2 Å². The summed E-state index contributed by atoms with van der Waals surface area (Å²) < 4.78 is 11.1. The van der Waals surface area contributed by atoms with Gasteiger partial charge in [-0.15, -0.1) is 0 Å². The van der Waals surface area contributed by atoms with Gasteiger partial charge in [0.2, 0.25) is 0 Å². The molecule has 1 aliphatic heterocycles. The number of carboxylic acids is 1. The Hall–Kier alpha value is -2.48. The maximum atomic E-state index is 10.8. The fourth-order valence-electron chi connectivity index (χ4n) is 2.14. The van der Waals surface area contributed by atoms with Crippen LogP contribution in [0.15, 0.2) is 17.7 Å². The topological polar surface area (TPSA) is 82.4 Å². The molecule has 1 heterocycles. The molecule has 0 N–H and O–H groups in total. The molecule has 2 rings (SSSR count). The number of nitriles is 1. The van der Waals surface area contributed by atoms with Crippen molar-refractivity contribution in [2.45, 2.75) is 26.4 Å². The number of ether oxygens (including phenoxy) is 2. The van der Waals surface area contributed by atoms with E-state index in [-0.39, 0.29) is 6.10 Å². The van der Waals surface area contributed by atoms with Crippen LogP contribution in [-0.4, -0.2) is 18.7 Å². The van der Waals surface area contributed by atoms with Crippen molar-refractivity contribution in [2.24, 2.45) is 0 Å². The zero-order valence-corrected chi connectivity index (χ0v) is 11.3. The minimum Gasteiger partial charge on any atom is -0.544 e. The number of carbonyl (C=O) groups excluding carboxylic acids is 1. The molecule has 1 aromatic rings. The molecular weight excluding hydrogens is 258 g/mol. The van der Waals surface area contributed by atoms with Crippen LogP contribution in [0.25, 0.3) is 6.08 Å². The molecule has 0 bridgehead atoms. The number of hydrogen-bond donors (Lipinski definition) is 0. The van der Waals surface area contributed by atoms with Gasteiger partial charge in [0.15, 0.2) is 0 Å². The van der Waals surface area contributed by atoms with Gasteiger partial charge in [-0.25, -0.2) is 0 Å². The van der Waals surface area contributed by atoms with Crippen LogP contribution in [0.2, 0.25) is 0 Å². The van der Waals surface area contributed by atoms with E-state index in [1.165, 1.54) is 6.08 Å². The summed E-state index contributed by atoms with van der Waals surface area (Å²) >= 11 is 0. The molecule has 1 aliphatic rings. The molecule has 0 radical (unpaired) electrons. The number of aliphatic carboxylic acids is 1. The second-order valence-corrected chi connectivity index (χ2v) is 4.52. The van der Waals surface area contributed by atoms with Gasteiger partial charge in [-0.3, -0.25) is 0 Å². The van der Waals surface area contributed by atoms with E-state index in [0.717, 1.165) is 12.0 Å². The lowest BCUT2D eigenvalue weighted by molar-refractivity contribution is -0.298. The zero-order valence-electron chi connectivity index (χ0n) is 11.3. The number of benzene rings is 1. The molecule has 20 heavy (non-hydrogen) atoms. The van der Waals surface area contributed by atoms with Crippen LogP contribution in [0.3, 0.4) is 0 Å². The Balaban J connectivity index is 2.49. The number of rotatable bonds is 4. The van der Waals surface area contributed by atoms with Crippen LogP contribution >= 0.6 is 0 Å². The highest BCUT2D eigenvalue weighted by Gasteiger charge is 2.21. The first kappa shape index (κ1) is 13.9. The molecule has 0 saturated carbocycles. The predicted octanol–water partition coefficient (Wildman–Crippen LogP) is 1.07. The molecule has 104 valence electrons. The smallest absolute Gasteiger partial charge is 0.127 e. The second kappa shape index (κ2) is 5.66. The van der Waals surface area contributed by atoms with E-state index in [9.17, 15) is 9.90 Å². The Morgan fingerprint density at radius 2 is 2.40 bits per heavy atom. The minimum atomic E-state index is -1.51. The molecule has 0 aliphatic carbocycles. The third-order valence-electron chi connectivity index (χ3n) is 2.97. The SMILES string of the molecule is CCOc1cc2c(cc1/C=C(\C#N)C(=O)[O-])O[C@H](C)C2. The quantitative estimate of drug-likeness (QED) is 0.604. The van der Waals surface area contributed by atoms with Crippen molar-refractivity contribution in [1.29, 1.82) is 5.26 Å². The van der Waals surface area contributed by atoms with Crippen molar-refractivity contribution < 1.29 is 19.4 Å². The Kier molecular flexibility index (Phi) is 3.94. The van der Waals surface area contributed by atoms with Gasteiger partial charge < -0.3 is 19.4 Å². The summed E-state index contributed by atoms with van der Waals surface area (Å²) in [7, 11) is 0. The molecule has 0 unspecified atom stereocenters. The van der Waals surface area contributed by atoms with Gasteiger partial charge in [0.25, 0.3) is 0 Å². The first-order chi connectivity index (χ1) is 9.55. The molecule has 0 spiro atoms. The average molecular weight is 272 g/mol. The van der Waals surface area contributed by atoms with Gasteiger partial charge >= 0.3 is 0 Å². The van der Waals surface area contributed by atoms with E-state index >= 15 is 0 Å². The minimum absolute atomic E-state index is 0.0790. The number of hydrogen-bond acceptors (Lipinski definition) is 5. The molecule has 5 heteroatoms. The Bertz CT molecular complexity index is 613. The number of carbonyl (C=O) groups is 1. The van der Waals surface area contributed by atoms with Gasteiger partial charge in [-0.05, 0) is 32.1 Å². The standard InChI is InChI=1S/C15H15NO4/c1-3-19-13-6-10-4-9(2)20-14(10)7-11(13)5-12(8-16)15(17)18/h5-7,9H,3-4H2,1-2H3,(H,17,18)/p-1/b12-5+/t9-/m1/s1. The lowest BCUT2D eigenvalue weighted by atomic mass is 10.0. The molecule has 1 atom stereocenters. The fraction of sp³-hybridized carbons (Fsp3) is 0.333. The lowest BCUT2D eigenvalue weighted by Crippen LogP contribution is -2.23. The summed E-state index contributed by atoms with van der Waals surface area (Å²) in [5.74, 6) is -0.273. The number of nitrogens with zero attached hydrogens (tertiary/aromatic N) is 1. The summed E-state index contributed by atoms with van der Waals surface area (Å²) in [6.07, 6.45) is 2.10. The number of carboxylic acid groups (broad SMARTS) is 1. The van der Waals surface area contributed by atoms with Gasteiger partial charge in [0, 0.05) is 17.5 Å². The van der Waals surface area contributed by atoms with E-state index in [2.05, 4.69) is 0 Å². The summed E-state index contributed by atoms with van der Waals surface area (Å²) in [6.45, 7) is 4.24. The zero-order chi connectivity index (χ0) is 14.7. The largest absolute Gasteiger partial charge is 0.544 e. The van der Waals surface area contributed by atoms with Crippen molar-refractivity contribution in [3.05, 3.63) is 28.8 Å². The van der Waals surface area contributed by atoms with Crippen LogP contribution in [0.4, 0.5) is 0 Å². The highest BCUT2D eigenvalue weighted by Crippen LogP contribution is 2.36. The molecule has 0 fully saturated rings. The monoisotopic (exact) mass is 272 g/mol. The van der Waals surface area contributed by atoms with Gasteiger partial charge in [0.1, 0.15) is 23.7 Å². The molecular formula is C15H14NO4-. The third kappa shape index (κ3) is 2.75. The average Bonchev–Trinajstić information content (AvgIpc) is 2.74. The van der Waals surface area contributed by atoms with Crippen LogP contribution in [0.1, 0.15) is 25.0 Å². The third-order valence-corrected chi connectivity index (χ3v) is 2.97. The van der Waals surface area contributed by atoms with Gasteiger partial charge in [0.05, 0.1) is 18.1 Å². The van der Waals surface area contributed by atoms with Crippen molar-refractivity contribution in [3.8, 4) is 17.6 Å². The first-order valence-electron chi connectivity index (χ1n) is 6.34. The van der Waals surface area contributed by atoms with E-state index in [1.807, 2.05) is 19.9 Å². The summed E-state index contributed by atoms with van der Waals surface area (Å²) in [5, 5.41) is 19.6. The van der Waals surface area contributed by atoms with E-state index in [4.69, 9.17) is 14.7 Å². The van der Waals surface area contributed by atoms with Crippen LogP contribution in [0, 0.1) is 11.3 Å². The van der Waals surface area contributed by atoms with Crippen molar-refractivity contribution in [2.75, 3.05) is 6.61 Å². The Morgan fingerprint density at radius 3 is 3.00 bits per heavy atom. The van der Waals surface area contributed by atoms with Crippen molar-refractivity contribution >= 4 is 12.0 Å². The lowest BCUT2D eigenvalue weighted by Gasteiger charge is -2.10. The molecule has 0 amide bonds. The first-order valence-corrected chi connectivity index (χ1v) is 6.34. The Labute approximate surface area is 117 Å². The molecule has 1 aromatic carbocycles. The van der Waals surface area contributed by atoms with E-state index in [1.54, 1.807) is 12.1 Å². The van der Waals surface area contributed by atoms with E-state index in [0.29, 0.717) is 23.7 Å². The van der Waals surface area contributed by atoms with Crippen LogP contribution < -0.4 is 14.6 Å².